The van der Waals surface area contributed by atoms with Gasteiger partial charge in [-0.3, -0.25) is 4.90 Å². The first-order chi connectivity index (χ1) is 9.24. The van der Waals surface area contributed by atoms with Gasteiger partial charge in [0.2, 0.25) is 0 Å². The Bertz CT molecular complexity index is 501. The van der Waals surface area contributed by atoms with Crippen LogP contribution in [-0.4, -0.2) is 25.1 Å². The van der Waals surface area contributed by atoms with E-state index in [9.17, 15) is 0 Å². The SMILES string of the molecule is CN(CCOc1cccc(Cl)c1)Cc1ccccc1. The van der Waals surface area contributed by atoms with E-state index in [-0.39, 0.29) is 0 Å². The maximum absolute atomic E-state index is 5.90. The molecule has 2 rings (SSSR count). The second kappa shape index (κ2) is 7.17. The summed E-state index contributed by atoms with van der Waals surface area (Å²) in [5.74, 6) is 0.820. The fourth-order valence-electron chi connectivity index (χ4n) is 1.85. The molecule has 0 atom stereocenters. The summed E-state index contributed by atoms with van der Waals surface area (Å²) < 4.78 is 5.67. The maximum atomic E-state index is 5.90. The predicted molar refractivity (Wildman–Crippen MR) is 79.7 cm³/mol. The first kappa shape index (κ1) is 13.9. The monoisotopic (exact) mass is 275 g/mol. The predicted octanol–water partition coefficient (Wildman–Crippen LogP) is 3.85. The smallest absolute Gasteiger partial charge is 0.120 e. The molecule has 2 aromatic rings. The Morgan fingerprint density at radius 1 is 1.05 bits per heavy atom. The summed E-state index contributed by atoms with van der Waals surface area (Å²) in [6.07, 6.45) is 0. The van der Waals surface area contributed by atoms with Gasteiger partial charge in [0.25, 0.3) is 0 Å². The van der Waals surface area contributed by atoms with E-state index in [1.807, 2.05) is 30.3 Å². The van der Waals surface area contributed by atoms with Gasteiger partial charge in [-0.05, 0) is 30.8 Å². The molecular formula is C16H18ClNO. The van der Waals surface area contributed by atoms with E-state index in [1.165, 1.54) is 5.56 Å². The molecule has 0 fully saturated rings. The van der Waals surface area contributed by atoms with Gasteiger partial charge in [0.15, 0.2) is 0 Å². The van der Waals surface area contributed by atoms with Gasteiger partial charge in [0.1, 0.15) is 12.4 Å². The lowest BCUT2D eigenvalue weighted by atomic mass is 10.2. The Hall–Kier alpha value is -1.51. The zero-order chi connectivity index (χ0) is 13.5. The van der Waals surface area contributed by atoms with Crippen LogP contribution in [0.1, 0.15) is 5.56 Å². The molecular weight excluding hydrogens is 258 g/mol. The van der Waals surface area contributed by atoms with Gasteiger partial charge >= 0.3 is 0 Å². The van der Waals surface area contributed by atoms with Crippen molar-refractivity contribution in [2.24, 2.45) is 0 Å². The summed E-state index contributed by atoms with van der Waals surface area (Å²) >= 11 is 5.90. The summed E-state index contributed by atoms with van der Waals surface area (Å²) in [5.41, 5.74) is 1.31. The fourth-order valence-corrected chi connectivity index (χ4v) is 2.03. The van der Waals surface area contributed by atoms with Crippen LogP contribution in [0, 0.1) is 0 Å². The van der Waals surface area contributed by atoms with Crippen LogP contribution < -0.4 is 4.74 Å². The number of ether oxygens (including phenoxy) is 1. The molecule has 0 spiro atoms. The minimum absolute atomic E-state index is 0.656. The Morgan fingerprint density at radius 2 is 1.84 bits per heavy atom. The molecule has 0 aliphatic heterocycles. The average molecular weight is 276 g/mol. The van der Waals surface area contributed by atoms with Crippen LogP contribution in [-0.2, 0) is 6.54 Å². The van der Waals surface area contributed by atoms with Gasteiger partial charge in [0.05, 0.1) is 0 Å². The number of likely N-dealkylation sites (N-methyl/N-ethyl adjacent to an activating group) is 1. The first-order valence-electron chi connectivity index (χ1n) is 6.35. The van der Waals surface area contributed by atoms with Crippen LogP contribution in [0.15, 0.2) is 54.6 Å². The molecule has 0 aromatic heterocycles. The van der Waals surface area contributed by atoms with Gasteiger partial charge in [0, 0.05) is 18.1 Å². The van der Waals surface area contributed by atoms with Crippen LogP contribution in [0.3, 0.4) is 0 Å². The molecule has 0 unspecified atom stereocenters. The Balaban J connectivity index is 1.73. The van der Waals surface area contributed by atoms with Gasteiger partial charge in [-0.25, -0.2) is 0 Å². The van der Waals surface area contributed by atoms with Crippen LogP contribution >= 0.6 is 11.6 Å². The van der Waals surface area contributed by atoms with E-state index in [4.69, 9.17) is 16.3 Å². The van der Waals surface area contributed by atoms with E-state index in [2.05, 4.69) is 36.2 Å². The lowest BCUT2D eigenvalue weighted by Gasteiger charge is -2.17. The van der Waals surface area contributed by atoms with Crippen molar-refractivity contribution >= 4 is 11.6 Å². The lowest BCUT2D eigenvalue weighted by Crippen LogP contribution is -2.23. The Morgan fingerprint density at radius 3 is 2.58 bits per heavy atom. The van der Waals surface area contributed by atoms with Gasteiger partial charge in [-0.2, -0.15) is 0 Å². The summed E-state index contributed by atoms with van der Waals surface area (Å²) in [5, 5.41) is 0.704. The Kier molecular flexibility index (Phi) is 5.25. The van der Waals surface area contributed by atoms with Gasteiger partial charge in [-0.15, -0.1) is 0 Å². The van der Waals surface area contributed by atoms with Crippen LogP contribution in [0.4, 0.5) is 0 Å². The zero-order valence-corrected chi connectivity index (χ0v) is 11.8. The molecule has 100 valence electrons. The second-order valence-corrected chi connectivity index (χ2v) is 4.97. The fraction of sp³-hybridized carbons (Fsp3) is 0.250. The van der Waals surface area contributed by atoms with E-state index < -0.39 is 0 Å². The molecule has 2 nitrogen and oxygen atoms in total. The number of hydrogen-bond acceptors (Lipinski definition) is 2. The number of rotatable bonds is 6. The third-order valence-electron chi connectivity index (χ3n) is 2.83. The van der Waals surface area contributed by atoms with Gasteiger partial charge < -0.3 is 4.74 Å². The summed E-state index contributed by atoms with van der Waals surface area (Å²) in [4.78, 5) is 2.24. The molecule has 2 aromatic carbocycles. The third kappa shape index (κ3) is 4.93. The highest BCUT2D eigenvalue weighted by molar-refractivity contribution is 6.30. The van der Waals surface area contributed by atoms with Crippen LogP contribution in [0.25, 0.3) is 0 Å². The molecule has 0 saturated heterocycles. The summed E-state index contributed by atoms with van der Waals surface area (Å²) in [7, 11) is 2.09. The first-order valence-corrected chi connectivity index (χ1v) is 6.73. The lowest BCUT2D eigenvalue weighted by molar-refractivity contribution is 0.233. The zero-order valence-electron chi connectivity index (χ0n) is 11.1. The topological polar surface area (TPSA) is 12.5 Å². The molecule has 0 aliphatic rings. The summed E-state index contributed by atoms with van der Waals surface area (Å²) in [6.45, 7) is 2.46. The quantitative estimate of drug-likeness (QED) is 0.794. The van der Waals surface area contributed by atoms with Crippen molar-refractivity contribution in [2.45, 2.75) is 6.54 Å². The minimum Gasteiger partial charge on any atom is -0.492 e. The molecule has 0 heterocycles. The van der Waals surface area contributed by atoms with Crippen molar-refractivity contribution in [1.29, 1.82) is 0 Å². The minimum atomic E-state index is 0.656. The largest absolute Gasteiger partial charge is 0.492 e. The molecule has 3 heteroatoms. The molecule has 19 heavy (non-hydrogen) atoms. The molecule has 0 bridgehead atoms. The molecule has 0 N–H and O–H groups in total. The van der Waals surface area contributed by atoms with Crippen molar-refractivity contribution < 1.29 is 4.74 Å². The number of hydrogen-bond donors (Lipinski definition) is 0. The number of halogens is 1. The highest BCUT2D eigenvalue weighted by Crippen LogP contribution is 2.16. The molecule has 0 radical (unpaired) electrons. The highest BCUT2D eigenvalue weighted by Gasteiger charge is 2.01. The van der Waals surface area contributed by atoms with Crippen molar-refractivity contribution in [1.82, 2.24) is 4.90 Å². The second-order valence-electron chi connectivity index (χ2n) is 4.53. The molecule has 0 saturated carbocycles. The molecule has 0 amide bonds. The normalized spacial score (nSPS) is 10.7. The van der Waals surface area contributed by atoms with Crippen molar-refractivity contribution in [2.75, 3.05) is 20.2 Å². The summed E-state index contributed by atoms with van der Waals surface area (Å²) in [6, 6.07) is 17.9. The van der Waals surface area contributed by atoms with Crippen molar-refractivity contribution in [3.05, 3.63) is 65.2 Å². The van der Waals surface area contributed by atoms with Crippen LogP contribution in [0.5, 0.6) is 5.75 Å². The van der Waals surface area contributed by atoms with Gasteiger partial charge in [-0.1, -0.05) is 48.0 Å². The standard InChI is InChI=1S/C16H18ClNO/c1-18(13-14-6-3-2-4-7-14)10-11-19-16-9-5-8-15(17)12-16/h2-9,12H,10-11,13H2,1H3. The highest BCUT2D eigenvalue weighted by atomic mass is 35.5. The van der Waals surface area contributed by atoms with Crippen molar-refractivity contribution in [3.8, 4) is 5.75 Å². The number of nitrogens with zero attached hydrogens (tertiary/aromatic N) is 1. The van der Waals surface area contributed by atoms with E-state index in [0.717, 1.165) is 18.8 Å². The van der Waals surface area contributed by atoms with Crippen molar-refractivity contribution in [3.63, 3.8) is 0 Å². The average Bonchev–Trinajstić information content (AvgIpc) is 2.40. The van der Waals surface area contributed by atoms with E-state index in [0.29, 0.717) is 11.6 Å². The van der Waals surface area contributed by atoms with Crippen LogP contribution in [0.2, 0.25) is 5.02 Å². The molecule has 0 aliphatic carbocycles. The number of benzene rings is 2. The maximum Gasteiger partial charge on any atom is 0.120 e. The Labute approximate surface area is 119 Å². The third-order valence-corrected chi connectivity index (χ3v) is 3.07. The van der Waals surface area contributed by atoms with E-state index in [1.54, 1.807) is 0 Å². The van der Waals surface area contributed by atoms with E-state index >= 15 is 0 Å².